The van der Waals surface area contributed by atoms with Crippen molar-refractivity contribution in [3.8, 4) is 6.07 Å². The Morgan fingerprint density at radius 1 is 1.00 bits per heavy atom. The molecule has 0 saturated carbocycles. The maximum atomic E-state index is 9.38. The predicted octanol–water partition coefficient (Wildman–Crippen LogP) is 4.32. The quantitative estimate of drug-likeness (QED) is 0.820. The summed E-state index contributed by atoms with van der Waals surface area (Å²) in [5.74, 6) is 0. The highest BCUT2D eigenvalue weighted by atomic mass is 15.3. The fourth-order valence-corrected chi connectivity index (χ4v) is 2.47. The third-order valence-electron chi connectivity index (χ3n) is 3.61. The first-order valence-corrected chi connectivity index (χ1v) is 7.69. The second kappa shape index (κ2) is 6.01. The van der Waals surface area contributed by atoms with Crippen molar-refractivity contribution in [3.63, 3.8) is 0 Å². The fourth-order valence-electron chi connectivity index (χ4n) is 2.47. The van der Waals surface area contributed by atoms with Crippen LogP contribution in [-0.4, -0.2) is 28.1 Å². The molecule has 0 radical (unpaired) electrons. The molecule has 3 nitrogen and oxygen atoms in total. The summed E-state index contributed by atoms with van der Waals surface area (Å²) >= 11 is 0. The monoisotopic (exact) mass is 293 g/mol. The molecule has 3 heteroatoms. The van der Waals surface area contributed by atoms with Crippen molar-refractivity contribution in [3.05, 3.63) is 12.3 Å². The number of nitrogens with one attached hydrogen (secondary N) is 1. The minimum absolute atomic E-state index is 0.0251. The molecule has 1 N–H and O–H groups in total. The lowest BCUT2D eigenvalue weighted by atomic mass is 9.85. The Morgan fingerprint density at radius 2 is 1.43 bits per heavy atom. The molecular formula is C18H35N3. The van der Waals surface area contributed by atoms with Crippen LogP contribution in [0.2, 0.25) is 0 Å². The number of hydrogen-bond donors (Lipinski definition) is 1. The van der Waals surface area contributed by atoms with Crippen LogP contribution >= 0.6 is 0 Å². The Kier molecular flexibility index (Phi) is 5.72. The number of nitriles is 1. The van der Waals surface area contributed by atoms with Gasteiger partial charge in [0.05, 0.1) is 17.0 Å². The van der Waals surface area contributed by atoms with Gasteiger partial charge in [0.2, 0.25) is 0 Å². The van der Waals surface area contributed by atoms with E-state index in [0.717, 1.165) is 5.70 Å². The second-order valence-corrected chi connectivity index (χ2v) is 9.17. The van der Waals surface area contributed by atoms with Crippen molar-refractivity contribution in [2.45, 2.75) is 85.9 Å². The van der Waals surface area contributed by atoms with Crippen LogP contribution in [0.1, 0.15) is 69.2 Å². The molecule has 0 aromatic carbocycles. The van der Waals surface area contributed by atoms with Gasteiger partial charge in [-0.3, -0.25) is 4.90 Å². The number of nitrogens with zero attached hydrogens (tertiary/aromatic N) is 2. The lowest BCUT2D eigenvalue weighted by Gasteiger charge is -2.51. The van der Waals surface area contributed by atoms with Gasteiger partial charge in [0, 0.05) is 23.3 Å². The van der Waals surface area contributed by atoms with E-state index in [1.807, 2.05) is 13.8 Å². The molecule has 0 fully saturated rings. The van der Waals surface area contributed by atoms with E-state index in [-0.39, 0.29) is 16.6 Å². The van der Waals surface area contributed by atoms with E-state index in [1.165, 1.54) is 0 Å². The summed E-state index contributed by atoms with van der Waals surface area (Å²) < 4.78 is 0. The lowest BCUT2D eigenvalue weighted by molar-refractivity contribution is 0.0203. The molecule has 21 heavy (non-hydrogen) atoms. The molecule has 0 unspecified atom stereocenters. The van der Waals surface area contributed by atoms with Gasteiger partial charge in [-0.15, -0.1) is 0 Å². The van der Waals surface area contributed by atoms with Gasteiger partial charge in [-0.05, 0) is 69.2 Å². The van der Waals surface area contributed by atoms with Gasteiger partial charge in [-0.1, -0.05) is 6.58 Å². The van der Waals surface area contributed by atoms with Crippen LogP contribution in [-0.2, 0) is 0 Å². The molecule has 0 aromatic rings. The molecule has 0 spiro atoms. The van der Waals surface area contributed by atoms with Crippen molar-refractivity contribution in [1.29, 1.82) is 5.26 Å². The molecule has 0 heterocycles. The second-order valence-electron chi connectivity index (χ2n) is 9.17. The third-order valence-corrected chi connectivity index (χ3v) is 3.61. The Labute approximate surface area is 132 Å². The normalized spacial score (nSPS) is 14.0. The summed E-state index contributed by atoms with van der Waals surface area (Å²) in [5.41, 5.74) is 0.258. The molecule has 0 rings (SSSR count). The van der Waals surface area contributed by atoms with Crippen LogP contribution in [0.4, 0.5) is 0 Å². The first kappa shape index (κ1) is 20.0. The van der Waals surface area contributed by atoms with Crippen LogP contribution in [0.3, 0.4) is 0 Å². The summed E-state index contributed by atoms with van der Waals surface area (Å²) in [4.78, 5) is 2.37. The first-order chi connectivity index (χ1) is 9.03. The van der Waals surface area contributed by atoms with Crippen LogP contribution in [0.15, 0.2) is 12.3 Å². The standard InChI is InChI=1S/C18H35N3/c1-14(20-15(2,3)4)18(10,11)21(16(5,6)7)13-17(8,9)12-19/h20H,1,13H2,2-11H3. The molecule has 0 amide bonds. The molecule has 0 aromatic heterocycles. The van der Waals surface area contributed by atoms with E-state index in [4.69, 9.17) is 0 Å². The molecule has 0 aliphatic heterocycles. The van der Waals surface area contributed by atoms with E-state index in [2.05, 4.69) is 78.3 Å². The highest BCUT2D eigenvalue weighted by Gasteiger charge is 2.40. The predicted molar refractivity (Wildman–Crippen MR) is 92.0 cm³/mol. The van der Waals surface area contributed by atoms with E-state index in [0.29, 0.717) is 6.54 Å². The summed E-state index contributed by atoms with van der Waals surface area (Å²) in [6, 6.07) is 2.41. The van der Waals surface area contributed by atoms with Crippen LogP contribution < -0.4 is 5.32 Å². The Balaban J connectivity index is 5.53. The fraction of sp³-hybridized carbons (Fsp3) is 0.833. The zero-order valence-electron chi connectivity index (χ0n) is 15.8. The summed E-state index contributed by atoms with van der Waals surface area (Å²) in [7, 11) is 0. The van der Waals surface area contributed by atoms with Gasteiger partial charge < -0.3 is 5.32 Å². The Hall–Kier alpha value is -1.01. The number of hydrogen-bond acceptors (Lipinski definition) is 3. The zero-order valence-corrected chi connectivity index (χ0v) is 15.8. The van der Waals surface area contributed by atoms with Crippen LogP contribution in [0.5, 0.6) is 0 Å². The largest absolute Gasteiger partial charge is 0.383 e. The summed E-state index contributed by atoms with van der Waals surface area (Å²) in [5, 5.41) is 12.9. The average molecular weight is 293 g/mol. The molecule has 0 aliphatic rings. The molecule has 0 atom stereocenters. The van der Waals surface area contributed by atoms with E-state index in [9.17, 15) is 5.26 Å². The van der Waals surface area contributed by atoms with Crippen molar-refractivity contribution in [1.82, 2.24) is 10.2 Å². The smallest absolute Gasteiger partial charge is 0.0697 e. The summed E-state index contributed by atoms with van der Waals surface area (Å²) in [6.07, 6.45) is 0. The van der Waals surface area contributed by atoms with Crippen LogP contribution in [0.25, 0.3) is 0 Å². The Bertz CT molecular complexity index is 411. The topological polar surface area (TPSA) is 39.1 Å². The highest BCUT2D eigenvalue weighted by molar-refractivity contribution is 5.16. The van der Waals surface area contributed by atoms with E-state index >= 15 is 0 Å². The molecular weight excluding hydrogens is 258 g/mol. The molecule has 0 bridgehead atoms. The van der Waals surface area contributed by atoms with Gasteiger partial charge in [0.25, 0.3) is 0 Å². The van der Waals surface area contributed by atoms with Gasteiger partial charge in [0.1, 0.15) is 0 Å². The Morgan fingerprint density at radius 3 is 1.71 bits per heavy atom. The zero-order chi connectivity index (χ0) is 17.3. The van der Waals surface area contributed by atoms with Crippen LogP contribution in [0, 0.1) is 16.7 Å². The van der Waals surface area contributed by atoms with Gasteiger partial charge in [-0.25, -0.2) is 0 Å². The molecule has 0 saturated heterocycles. The molecule has 0 aliphatic carbocycles. The number of rotatable bonds is 5. The van der Waals surface area contributed by atoms with Gasteiger partial charge in [0.15, 0.2) is 0 Å². The van der Waals surface area contributed by atoms with E-state index < -0.39 is 5.41 Å². The lowest BCUT2D eigenvalue weighted by Crippen LogP contribution is -2.60. The van der Waals surface area contributed by atoms with E-state index in [1.54, 1.807) is 0 Å². The SMILES string of the molecule is C=C(NC(C)(C)C)C(C)(C)N(CC(C)(C)C#N)C(C)(C)C. The average Bonchev–Trinajstić information content (AvgIpc) is 2.22. The van der Waals surface area contributed by atoms with Gasteiger partial charge in [-0.2, -0.15) is 5.26 Å². The highest BCUT2D eigenvalue weighted by Crippen LogP contribution is 2.33. The minimum Gasteiger partial charge on any atom is -0.383 e. The first-order valence-electron chi connectivity index (χ1n) is 7.69. The maximum absolute atomic E-state index is 9.38. The maximum Gasteiger partial charge on any atom is 0.0697 e. The van der Waals surface area contributed by atoms with Crippen molar-refractivity contribution < 1.29 is 0 Å². The van der Waals surface area contributed by atoms with Crippen molar-refractivity contribution in [2.24, 2.45) is 5.41 Å². The summed E-state index contributed by atoms with van der Waals surface area (Å²) in [6.45, 7) is 26.3. The van der Waals surface area contributed by atoms with Gasteiger partial charge >= 0.3 is 0 Å². The van der Waals surface area contributed by atoms with Crippen molar-refractivity contribution >= 4 is 0 Å². The minimum atomic E-state index is -0.396. The van der Waals surface area contributed by atoms with Crippen molar-refractivity contribution in [2.75, 3.05) is 6.54 Å². The molecule has 122 valence electrons. The third kappa shape index (κ3) is 6.09.